The number of aromatic nitrogens is 2. The lowest BCUT2D eigenvalue weighted by atomic mass is 9.99. The first kappa shape index (κ1) is 18.0. The van der Waals surface area contributed by atoms with Gasteiger partial charge in [-0.3, -0.25) is 9.59 Å². The van der Waals surface area contributed by atoms with Crippen LogP contribution in [0, 0.1) is 0 Å². The van der Waals surface area contributed by atoms with Gasteiger partial charge in [-0.15, -0.1) is 0 Å². The summed E-state index contributed by atoms with van der Waals surface area (Å²) in [7, 11) is 0. The molecule has 0 atom stereocenters. The third-order valence-corrected chi connectivity index (χ3v) is 5.05. The summed E-state index contributed by atoms with van der Waals surface area (Å²) in [6.07, 6.45) is 3.77. The van der Waals surface area contributed by atoms with E-state index in [-0.39, 0.29) is 18.2 Å². The molecule has 0 radical (unpaired) electrons. The summed E-state index contributed by atoms with van der Waals surface area (Å²) in [6.45, 7) is 0.522. The number of para-hydroxylation sites is 1. The minimum Gasteiger partial charge on any atom is -0.369 e. The molecule has 1 aromatic heterocycles. The van der Waals surface area contributed by atoms with E-state index in [0.29, 0.717) is 19.4 Å². The molecule has 2 amide bonds. The lowest BCUT2D eigenvalue weighted by molar-refractivity contribution is -0.117. The predicted molar refractivity (Wildman–Crippen MR) is 107 cm³/mol. The normalized spacial score (nSPS) is 13.1. The van der Waals surface area contributed by atoms with Crippen LogP contribution in [0.4, 0.5) is 5.69 Å². The van der Waals surface area contributed by atoms with E-state index in [1.165, 1.54) is 0 Å². The van der Waals surface area contributed by atoms with Gasteiger partial charge in [-0.25, -0.2) is 4.98 Å². The first-order chi connectivity index (χ1) is 13.6. The Labute approximate surface area is 163 Å². The Morgan fingerprint density at radius 3 is 2.71 bits per heavy atom. The molecule has 28 heavy (non-hydrogen) atoms. The molecule has 3 aromatic rings. The number of fused-ring (bicyclic) bond motifs is 1. The van der Waals surface area contributed by atoms with Crippen LogP contribution < -0.4 is 11.1 Å². The van der Waals surface area contributed by atoms with Gasteiger partial charge in [-0.1, -0.05) is 48.5 Å². The average molecular weight is 374 g/mol. The van der Waals surface area contributed by atoms with Crippen molar-refractivity contribution in [1.29, 1.82) is 0 Å². The van der Waals surface area contributed by atoms with Crippen molar-refractivity contribution in [2.24, 2.45) is 5.73 Å². The Hall–Kier alpha value is -3.41. The third kappa shape index (κ3) is 3.81. The van der Waals surface area contributed by atoms with Crippen molar-refractivity contribution in [3.8, 4) is 0 Å². The Kier molecular flexibility index (Phi) is 4.93. The lowest BCUT2D eigenvalue weighted by Crippen LogP contribution is -2.22. The van der Waals surface area contributed by atoms with Gasteiger partial charge >= 0.3 is 0 Å². The van der Waals surface area contributed by atoms with Crippen LogP contribution in [-0.4, -0.2) is 21.4 Å². The number of nitrogens with one attached hydrogen (secondary N) is 1. The zero-order chi connectivity index (χ0) is 19.5. The van der Waals surface area contributed by atoms with E-state index in [1.807, 2.05) is 53.1 Å². The molecule has 3 N–H and O–H groups in total. The van der Waals surface area contributed by atoms with Crippen LogP contribution in [0.1, 0.15) is 34.5 Å². The maximum absolute atomic E-state index is 11.9. The Morgan fingerprint density at radius 2 is 1.93 bits per heavy atom. The number of carbonyl (C=O) groups excluding carboxylic acids is 2. The summed E-state index contributed by atoms with van der Waals surface area (Å²) < 4.78 is 1.96. The van der Waals surface area contributed by atoms with Gasteiger partial charge in [0.25, 0.3) is 0 Å². The maximum Gasteiger partial charge on any atom is 0.224 e. The summed E-state index contributed by atoms with van der Waals surface area (Å²) >= 11 is 0. The van der Waals surface area contributed by atoms with Crippen molar-refractivity contribution in [1.82, 2.24) is 9.55 Å². The van der Waals surface area contributed by atoms with Gasteiger partial charge in [0, 0.05) is 18.5 Å². The van der Waals surface area contributed by atoms with E-state index in [9.17, 15) is 9.59 Å². The van der Waals surface area contributed by atoms with E-state index < -0.39 is 0 Å². The standard InChI is InChI=1S/C22H22N4O2/c23-20(27)12-19-18(11-15-5-2-1-3-6-15)24-14-26(19)13-17-8-4-7-16-9-10-21(28)25-22(16)17/h1-8,14H,9-13H2,(H2,23,27)(H,25,28). The van der Waals surface area contributed by atoms with E-state index in [2.05, 4.69) is 10.3 Å². The number of anilines is 1. The van der Waals surface area contributed by atoms with Gasteiger partial charge in [-0.05, 0) is 23.1 Å². The van der Waals surface area contributed by atoms with Crippen LogP contribution in [0.3, 0.4) is 0 Å². The minimum absolute atomic E-state index is 0.0349. The molecular formula is C22H22N4O2. The van der Waals surface area contributed by atoms with Crippen LogP contribution >= 0.6 is 0 Å². The molecule has 2 aromatic carbocycles. The largest absolute Gasteiger partial charge is 0.369 e. The van der Waals surface area contributed by atoms with Crippen molar-refractivity contribution < 1.29 is 9.59 Å². The molecule has 0 saturated carbocycles. The number of hydrogen-bond acceptors (Lipinski definition) is 3. The predicted octanol–water partition coefficient (Wildman–Crippen LogP) is 2.43. The molecule has 1 aliphatic heterocycles. The molecule has 0 spiro atoms. The first-order valence-corrected chi connectivity index (χ1v) is 9.36. The number of benzene rings is 2. The lowest BCUT2D eigenvalue weighted by Gasteiger charge is -2.21. The van der Waals surface area contributed by atoms with E-state index in [4.69, 9.17) is 5.73 Å². The van der Waals surface area contributed by atoms with Crippen LogP contribution in [-0.2, 0) is 35.4 Å². The van der Waals surface area contributed by atoms with Crippen molar-refractivity contribution in [3.63, 3.8) is 0 Å². The van der Waals surface area contributed by atoms with E-state index >= 15 is 0 Å². The third-order valence-electron chi connectivity index (χ3n) is 5.05. The topological polar surface area (TPSA) is 90.0 Å². The molecule has 0 fully saturated rings. The van der Waals surface area contributed by atoms with Crippen LogP contribution in [0.2, 0.25) is 0 Å². The highest BCUT2D eigenvalue weighted by Crippen LogP contribution is 2.28. The van der Waals surface area contributed by atoms with Crippen LogP contribution in [0.15, 0.2) is 54.9 Å². The van der Waals surface area contributed by atoms with Gasteiger partial charge in [0.1, 0.15) is 0 Å². The molecule has 0 aliphatic carbocycles. The fourth-order valence-electron chi connectivity index (χ4n) is 3.68. The van der Waals surface area contributed by atoms with Gasteiger partial charge in [0.15, 0.2) is 0 Å². The first-order valence-electron chi connectivity index (χ1n) is 9.36. The summed E-state index contributed by atoms with van der Waals surface area (Å²) in [6, 6.07) is 16.1. The number of primary amides is 1. The van der Waals surface area contributed by atoms with Crippen molar-refractivity contribution in [2.45, 2.75) is 32.2 Å². The fourth-order valence-corrected chi connectivity index (χ4v) is 3.68. The molecule has 142 valence electrons. The summed E-state index contributed by atoms with van der Waals surface area (Å²) in [5.41, 5.74) is 11.3. The van der Waals surface area contributed by atoms with Crippen molar-refractivity contribution >= 4 is 17.5 Å². The summed E-state index contributed by atoms with van der Waals surface area (Å²) in [5, 5.41) is 2.99. The SMILES string of the molecule is NC(=O)Cc1c(Cc2ccccc2)ncn1Cc1cccc2c1NC(=O)CC2. The Bertz CT molecular complexity index is 1020. The molecule has 4 rings (SSSR count). The number of rotatable bonds is 6. The number of aryl methyl sites for hydroxylation is 1. The number of hydrogen-bond donors (Lipinski definition) is 2. The fraction of sp³-hybridized carbons (Fsp3) is 0.227. The second-order valence-electron chi connectivity index (χ2n) is 7.07. The maximum atomic E-state index is 11.9. The quantitative estimate of drug-likeness (QED) is 0.694. The summed E-state index contributed by atoms with van der Waals surface area (Å²) in [4.78, 5) is 28.1. The number of carbonyl (C=O) groups is 2. The zero-order valence-corrected chi connectivity index (χ0v) is 15.5. The molecule has 0 saturated heterocycles. The van der Waals surface area contributed by atoms with Crippen molar-refractivity contribution in [3.05, 3.63) is 82.9 Å². The molecule has 6 heteroatoms. The molecular weight excluding hydrogens is 352 g/mol. The number of imidazole rings is 1. The number of amides is 2. The number of nitrogens with zero attached hydrogens (tertiary/aromatic N) is 2. The van der Waals surface area contributed by atoms with Crippen molar-refractivity contribution in [2.75, 3.05) is 5.32 Å². The minimum atomic E-state index is -0.389. The highest BCUT2D eigenvalue weighted by Gasteiger charge is 2.19. The smallest absolute Gasteiger partial charge is 0.224 e. The van der Waals surface area contributed by atoms with Gasteiger partial charge in [-0.2, -0.15) is 0 Å². The highest BCUT2D eigenvalue weighted by molar-refractivity contribution is 5.94. The second kappa shape index (κ2) is 7.68. The monoisotopic (exact) mass is 374 g/mol. The van der Waals surface area contributed by atoms with Crippen LogP contribution in [0.5, 0.6) is 0 Å². The van der Waals surface area contributed by atoms with Crippen LogP contribution in [0.25, 0.3) is 0 Å². The van der Waals surface area contributed by atoms with Gasteiger partial charge in [0.05, 0.1) is 30.7 Å². The molecule has 0 bridgehead atoms. The second-order valence-corrected chi connectivity index (χ2v) is 7.07. The highest BCUT2D eigenvalue weighted by atomic mass is 16.2. The van der Waals surface area contributed by atoms with E-state index in [1.54, 1.807) is 6.33 Å². The Balaban J connectivity index is 1.67. The molecule has 1 aliphatic rings. The molecule has 6 nitrogen and oxygen atoms in total. The van der Waals surface area contributed by atoms with Gasteiger partial charge < -0.3 is 15.6 Å². The molecule has 2 heterocycles. The average Bonchev–Trinajstić information content (AvgIpc) is 3.04. The summed E-state index contributed by atoms with van der Waals surface area (Å²) in [5.74, 6) is -0.354. The Morgan fingerprint density at radius 1 is 1.11 bits per heavy atom. The number of nitrogens with two attached hydrogens (primary N) is 1. The van der Waals surface area contributed by atoms with Gasteiger partial charge in [0.2, 0.25) is 11.8 Å². The van der Waals surface area contributed by atoms with E-state index in [0.717, 1.165) is 40.2 Å². The zero-order valence-electron chi connectivity index (χ0n) is 15.5. The molecule has 0 unspecified atom stereocenters.